The van der Waals surface area contributed by atoms with Gasteiger partial charge in [-0.25, -0.2) is 4.39 Å². The van der Waals surface area contributed by atoms with E-state index in [1.807, 2.05) is 19.9 Å². The first-order valence-electron chi connectivity index (χ1n) is 7.17. The van der Waals surface area contributed by atoms with Crippen molar-refractivity contribution in [3.05, 3.63) is 53.1 Å². The molecular formula is C17H18FNO2. The van der Waals surface area contributed by atoms with E-state index in [1.165, 1.54) is 25.0 Å². The minimum absolute atomic E-state index is 0.113. The number of para-hydroxylation sites is 1. The number of ketones is 1. The molecule has 3 nitrogen and oxygen atoms in total. The largest absolute Gasteiger partial charge is 0.482 e. The number of nitrogens with zero attached hydrogens (tertiary/aromatic N) is 1. The third-order valence-corrected chi connectivity index (χ3v) is 3.89. The number of aryl methyl sites for hydroxylation is 1. The molecule has 4 heteroatoms. The van der Waals surface area contributed by atoms with Gasteiger partial charge in [-0.1, -0.05) is 12.1 Å². The van der Waals surface area contributed by atoms with Gasteiger partial charge in [0.15, 0.2) is 18.2 Å². The Labute approximate surface area is 123 Å². The van der Waals surface area contributed by atoms with E-state index in [1.54, 1.807) is 12.1 Å². The molecule has 0 radical (unpaired) electrons. The van der Waals surface area contributed by atoms with Crippen LogP contribution >= 0.6 is 0 Å². The van der Waals surface area contributed by atoms with E-state index in [0.717, 1.165) is 11.4 Å². The fourth-order valence-electron chi connectivity index (χ4n) is 2.74. The molecule has 0 atom stereocenters. The Hall–Kier alpha value is -2.10. The summed E-state index contributed by atoms with van der Waals surface area (Å²) in [6, 6.07) is 8.56. The topological polar surface area (TPSA) is 31.2 Å². The van der Waals surface area contributed by atoms with E-state index >= 15 is 0 Å². The molecule has 0 spiro atoms. The Morgan fingerprint density at radius 3 is 2.71 bits per heavy atom. The number of rotatable bonds is 5. The van der Waals surface area contributed by atoms with Gasteiger partial charge in [0.1, 0.15) is 0 Å². The van der Waals surface area contributed by atoms with Crippen molar-refractivity contribution in [1.82, 2.24) is 4.57 Å². The molecule has 1 fully saturated rings. The van der Waals surface area contributed by atoms with Crippen molar-refractivity contribution in [2.75, 3.05) is 6.61 Å². The van der Waals surface area contributed by atoms with Gasteiger partial charge in [0, 0.05) is 23.0 Å². The van der Waals surface area contributed by atoms with E-state index < -0.39 is 5.82 Å². The highest BCUT2D eigenvalue weighted by molar-refractivity contribution is 5.98. The Morgan fingerprint density at radius 1 is 1.33 bits per heavy atom. The average Bonchev–Trinajstić information content (AvgIpc) is 3.24. The molecule has 0 bridgehead atoms. The van der Waals surface area contributed by atoms with Crippen LogP contribution in [-0.2, 0) is 0 Å². The van der Waals surface area contributed by atoms with Gasteiger partial charge < -0.3 is 9.30 Å². The maximum absolute atomic E-state index is 13.5. The number of hydrogen-bond donors (Lipinski definition) is 0. The van der Waals surface area contributed by atoms with Gasteiger partial charge in [0.25, 0.3) is 0 Å². The van der Waals surface area contributed by atoms with Gasteiger partial charge in [-0.2, -0.15) is 0 Å². The summed E-state index contributed by atoms with van der Waals surface area (Å²) in [6.07, 6.45) is 2.35. The predicted molar refractivity (Wildman–Crippen MR) is 78.4 cm³/mol. The van der Waals surface area contributed by atoms with Crippen LogP contribution in [0.15, 0.2) is 30.3 Å². The number of Topliss-reactive ketones (excluding diaryl/α,β-unsaturated/α-hetero) is 1. The highest BCUT2D eigenvalue weighted by atomic mass is 19.1. The number of aromatic nitrogens is 1. The normalized spacial score (nSPS) is 14.2. The quantitative estimate of drug-likeness (QED) is 0.782. The lowest BCUT2D eigenvalue weighted by Gasteiger charge is -2.08. The molecule has 0 N–H and O–H groups in total. The number of carbonyl (C=O) groups is 1. The fourth-order valence-corrected chi connectivity index (χ4v) is 2.74. The van der Waals surface area contributed by atoms with Gasteiger partial charge in [-0.05, 0) is 44.9 Å². The fraction of sp³-hybridized carbons (Fsp3) is 0.353. The van der Waals surface area contributed by atoms with Crippen LogP contribution in [0, 0.1) is 19.7 Å². The molecule has 110 valence electrons. The van der Waals surface area contributed by atoms with Crippen LogP contribution in [0.4, 0.5) is 4.39 Å². The molecule has 3 rings (SSSR count). The zero-order valence-electron chi connectivity index (χ0n) is 12.2. The Morgan fingerprint density at radius 2 is 2.05 bits per heavy atom. The zero-order valence-corrected chi connectivity index (χ0v) is 12.2. The van der Waals surface area contributed by atoms with E-state index in [9.17, 15) is 9.18 Å². The molecule has 21 heavy (non-hydrogen) atoms. The maximum Gasteiger partial charge on any atom is 0.202 e. The number of hydrogen-bond acceptors (Lipinski definition) is 2. The highest BCUT2D eigenvalue weighted by Gasteiger charge is 2.28. The van der Waals surface area contributed by atoms with Crippen LogP contribution in [0.1, 0.15) is 40.6 Å². The molecule has 1 aromatic heterocycles. The van der Waals surface area contributed by atoms with Crippen molar-refractivity contribution in [1.29, 1.82) is 0 Å². The minimum atomic E-state index is -0.450. The van der Waals surface area contributed by atoms with Crippen LogP contribution in [0.3, 0.4) is 0 Å². The van der Waals surface area contributed by atoms with Crippen molar-refractivity contribution in [3.63, 3.8) is 0 Å². The molecule has 1 aliphatic carbocycles. The molecule has 1 aliphatic rings. The summed E-state index contributed by atoms with van der Waals surface area (Å²) in [4.78, 5) is 12.3. The SMILES string of the molecule is Cc1cc(C(=O)COc2ccccc2F)c(C)n1C1CC1. The van der Waals surface area contributed by atoms with Crippen molar-refractivity contribution >= 4 is 5.78 Å². The van der Waals surface area contributed by atoms with Crippen molar-refractivity contribution in [3.8, 4) is 5.75 Å². The summed E-state index contributed by atoms with van der Waals surface area (Å²) in [7, 11) is 0. The van der Waals surface area contributed by atoms with E-state index in [4.69, 9.17) is 4.74 Å². The van der Waals surface area contributed by atoms with Crippen LogP contribution in [0.25, 0.3) is 0 Å². The van der Waals surface area contributed by atoms with Crippen molar-refractivity contribution in [2.45, 2.75) is 32.7 Å². The van der Waals surface area contributed by atoms with Gasteiger partial charge in [-0.15, -0.1) is 0 Å². The molecule has 2 aromatic rings. The van der Waals surface area contributed by atoms with Crippen LogP contribution in [-0.4, -0.2) is 17.0 Å². The standard InChI is InChI=1S/C17H18FNO2/c1-11-9-14(12(2)19(11)13-7-8-13)16(20)10-21-17-6-4-3-5-15(17)18/h3-6,9,13H,7-8,10H2,1-2H3. The zero-order chi connectivity index (χ0) is 15.0. The molecule has 1 saturated carbocycles. The number of carbonyl (C=O) groups excluding carboxylic acids is 1. The van der Waals surface area contributed by atoms with Gasteiger partial charge >= 0.3 is 0 Å². The van der Waals surface area contributed by atoms with Crippen molar-refractivity contribution < 1.29 is 13.9 Å². The lowest BCUT2D eigenvalue weighted by molar-refractivity contribution is 0.0918. The highest BCUT2D eigenvalue weighted by Crippen LogP contribution is 2.38. The second kappa shape index (κ2) is 5.35. The molecule has 1 heterocycles. The van der Waals surface area contributed by atoms with Gasteiger partial charge in [0.2, 0.25) is 5.78 Å². The van der Waals surface area contributed by atoms with E-state index in [0.29, 0.717) is 11.6 Å². The average molecular weight is 287 g/mol. The molecule has 0 amide bonds. The molecule has 0 saturated heterocycles. The first-order valence-corrected chi connectivity index (χ1v) is 7.17. The van der Waals surface area contributed by atoms with Gasteiger partial charge in [0.05, 0.1) is 0 Å². The van der Waals surface area contributed by atoms with Crippen molar-refractivity contribution in [2.24, 2.45) is 0 Å². The van der Waals surface area contributed by atoms with Crippen LogP contribution in [0.5, 0.6) is 5.75 Å². The molecule has 0 aliphatic heterocycles. The molecule has 1 aromatic carbocycles. The monoisotopic (exact) mass is 287 g/mol. The summed E-state index contributed by atoms with van der Waals surface area (Å²) >= 11 is 0. The summed E-state index contributed by atoms with van der Waals surface area (Å²) in [6.45, 7) is 3.83. The van der Waals surface area contributed by atoms with E-state index in [-0.39, 0.29) is 18.1 Å². The predicted octanol–water partition coefficient (Wildman–Crippen LogP) is 3.84. The molecular weight excluding hydrogens is 269 g/mol. The summed E-state index contributed by atoms with van der Waals surface area (Å²) in [5.74, 6) is -0.450. The molecule has 0 unspecified atom stereocenters. The number of halogens is 1. The number of benzene rings is 1. The minimum Gasteiger partial charge on any atom is -0.482 e. The first-order chi connectivity index (χ1) is 10.1. The Bertz CT molecular complexity index is 686. The van der Waals surface area contributed by atoms with Crippen LogP contribution < -0.4 is 4.74 Å². The summed E-state index contributed by atoms with van der Waals surface area (Å²) < 4.78 is 21.0. The lowest BCUT2D eigenvalue weighted by atomic mass is 10.1. The summed E-state index contributed by atoms with van der Waals surface area (Å²) in [5.41, 5.74) is 2.76. The lowest BCUT2D eigenvalue weighted by Crippen LogP contribution is -2.13. The van der Waals surface area contributed by atoms with E-state index in [2.05, 4.69) is 4.57 Å². The third-order valence-electron chi connectivity index (χ3n) is 3.89. The maximum atomic E-state index is 13.5. The Kier molecular flexibility index (Phi) is 3.53. The summed E-state index contributed by atoms with van der Waals surface area (Å²) in [5, 5.41) is 0. The number of ether oxygens (including phenoxy) is 1. The first kappa shape index (κ1) is 13.9. The van der Waals surface area contributed by atoms with Gasteiger partial charge in [-0.3, -0.25) is 4.79 Å². The van der Waals surface area contributed by atoms with Crippen LogP contribution in [0.2, 0.25) is 0 Å². The second-order valence-corrected chi connectivity index (χ2v) is 5.53. The second-order valence-electron chi connectivity index (χ2n) is 5.53. The smallest absolute Gasteiger partial charge is 0.202 e. The third kappa shape index (κ3) is 2.71. The Balaban J connectivity index is 1.74.